The van der Waals surface area contributed by atoms with Crippen LogP contribution in [0.2, 0.25) is 0 Å². The zero-order valence-electron chi connectivity index (χ0n) is 12.7. The van der Waals surface area contributed by atoms with Gasteiger partial charge in [0.25, 0.3) is 0 Å². The van der Waals surface area contributed by atoms with Crippen LogP contribution in [0.25, 0.3) is 0 Å². The van der Waals surface area contributed by atoms with E-state index in [4.69, 9.17) is 14.2 Å². The van der Waals surface area contributed by atoms with Crippen LogP contribution < -0.4 is 14.8 Å². The fourth-order valence-corrected chi connectivity index (χ4v) is 2.03. The van der Waals surface area contributed by atoms with Crippen LogP contribution in [0.1, 0.15) is 24.9 Å². The molecule has 0 aliphatic carbocycles. The van der Waals surface area contributed by atoms with Gasteiger partial charge in [0.05, 0.1) is 26.9 Å². The van der Waals surface area contributed by atoms with Gasteiger partial charge in [0.2, 0.25) is 0 Å². The van der Waals surface area contributed by atoms with E-state index in [1.165, 1.54) is 0 Å². The van der Waals surface area contributed by atoms with Gasteiger partial charge in [-0.15, -0.1) is 0 Å². The molecule has 1 rings (SSSR count). The summed E-state index contributed by atoms with van der Waals surface area (Å²) < 4.78 is 15.5. The Morgan fingerprint density at radius 1 is 1.20 bits per heavy atom. The maximum atomic E-state index is 9.60. The van der Waals surface area contributed by atoms with Gasteiger partial charge in [-0.1, -0.05) is 6.07 Å². The lowest BCUT2D eigenvalue weighted by Crippen LogP contribution is -2.25. The fourth-order valence-electron chi connectivity index (χ4n) is 2.03. The fraction of sp³-hybridized carbons (Fsp3) is 0.600. The van der Waals surface area contributed by atoms with Gasteiger partial charge in [0, 0.05) is 24.8 Å². The van der Waals surface area contributed by atoms with Crippen molar-refractivity contribution < 1.29 is 19.3 Å². The highest BCUT2D eigenvalue weighted by molar-refractivity contribution is 5.42. The minimum absolute atomic E-state index is 0.130. The van der Waals surface area contributed by atoms with Crippen molar-refractivity contribution in [2.45, 2.75) is 25.5 Å². The molecular weight excluding hydrogens is 258 g/mol. The van der Waals surface area contributed by atoms with Crippen LogP contribution in [0.3, 0.4) is 0 Å². The highest BCUT2D eigenvalue weighted by Gasteiger charge is 2.12. The van der Waals surface area contributed by atoms with Crippen molar-refractivity contribution in [2.24, 2.45) is 0 Å². The zero-order valence-corrected chi connectivity index (χ0v) is 12.7. The lowest BCUT2D eigenvalue weighted by atomic mass is 10.1. The molecule has 2 unspecified atom stereocenters. The molecule has 20 heavy (non-hydrogen) atoms. The van der Waals surface area contributed by atoms with Gasteiger partial charge < -0.3 is 24.6 Å². The van der Waals surface area contributed by atoms with Gasteiger partial charge >= 0.3 is 0 Å². The van der Waals surface area contributed by atoms with Gasteiger partial charge in [0.1, 0.15) is 11.5 Å². The van der Waals surface area contributed by atoms with Crippen molar-refractivity contribution in [1.29, 1.82) is 0 Å². The van der Waals surface area contributed by atoms with E-state index in [9.17, 15) is 5.11 Å². The van der Waals surface area contributed by atoms with Crippen molar-refractivity contribution in [3.05, 3.63) is 23.8 Å². The van der Waals surface area contributed by atoms with Crippen molar-refractivity contribution in [3.8, 4) is 11.5 Å². The maximum Gasteiger partial charge on any atom is 0.127 e. The van der Waals surface area contributed by atoms with E-state index in [2.05, 4.69) is 12.2 Å². The molecule has 0 fully saturated rings. The molecule has 0 spiro atoms. The number of aliphatic hydroxyl groups excluding tert-OH is 1. The van der Waals surface area contributed by atoms with Gasteiger partial charge in [-0.05, 0) is 26.0 Å². The molecule has 1 aromatic rings. The highest BCUT2D eigenvalue weighted by atomic mass is 16.5. The number of methoxy groups -OCH3 is 3. The first-order valence-electron chi connectivity index (χ1n) is 6.74. The molecule has 0 aromatic heterocycles. The van der Waals surface area contributed by atoms with Crippen LogP contribution in [0.15, 0.2) is 18.2 Å². The third kappa shape index (κ3) is 5.00. The second-order valence-corrected chi connectivity index (χ2v) is 4.68. The second kappa shape index (κ2) is 8.79. The van der Waals surface area contributed by atoms with E-state index < -0.39 is 6.10 Å². The van der Waals surface area contributed by atoms with Crippen molar-refractivity contribution in [1.82, 2.24) is 5.32 Å². The van der Waals surface area contributed by atoms with E-state index >= 15 is 0 Å². The average Bonchev–Trinajstić information content (AvgIpc) is 2.46. The summed E-state index contributed by atoms with van der Waals surface area (Å²) in [6.45, 7) is 3.13. The first-order valence-corrected chi connectivity index (χ1v) is 6.74. The van der Waals surface area contributed by atoms with E-state index in [1.807, 2.05) is 18.2 Å². The number of hydrogen-bond donors (Lipinski definition) is 2. The minimum atomic E-state index is -0.433. The van der Waals surface area contributed by atoms with Gasteiger partial charge in [-0.2, -0.15) is 0 Å². The molecule has 114 valence electrons. The Morgan fingerprint density at radius 2 is 1.95 bits per heavy atom. The van der Waals surface area contributed by atoms with Gasteiger partial charge in [-0.3, -0.25) is 0 Å². The lowest BCUT2D eigenvalue weighted by molar-refractivity contribution is 0.0590. The van der Waals surface area contributed by atoms with Crippen molar-refractivity contribution >= 4 is 0 Å². The van der Waals surface area contributed by atoms with Crippen molar-refractivity contribution in [2.75, 3.05) is 34.5 Å². The Bertz CT molecular complexity index is 397. The molecule has 1 aromatic carbocycles. The van der Waals surface area contributed by atoms with E-state index in [-0.39, 0.29) is 6.04 Å². The molecule has 0 amide bonds. The van der Waals surface area contributed by atoms with Crippen LogP contribution in [-0.4, -0.2) is 45.7 Å². The number of hydrogen-bond acceptors (Lipinski definition) is 5. The SMILES string of the molecule is COCC(O)CCNC(C)c1ccc(OC)cc1OC. The van der Waals surface area contributed by atoms with E-state index in [0.717, 1.165) is 17.1 Å². The largest absolute Gasteiger partial charge is 0.497 e. The molecule has 0 saturated heterocycles. The summed E-state index contributed by atoms with van der Waals surface area (Å²) in [4.78, 5) is 0. The number of nitrogens with one attached hydrogen (secondary N) is 1. The normalized spacial score (nSPS) is 13.8. The van der Waals surface area contributed by atoms with Gasteiger partial charge in [-0.25, -0.2) is 0 Å². The van der Waals surface area contributed by atoms with Crippen LogP contribution in [-0.2, 0) is 4.74 Å². The Kier molecular flexibility index (Phi) is 7.36. The lowest BCUT2D eigenvalue weighted by Gasteiger charge is -2.19. The topological polar surface area (TPSA) is 60.0 Å². The minimum Gasteiger partial charge on any atom is -0.497 e. The van der Waals surface area contributed by atoms with Crippen LogP contribution in [0, 0.1) is 0 Å². The van der Waals surface area contributed by atoms with Crippen LogP contribution in [0.4, 0.5) is 0 Å². The number of ether oxygens (including phenoxy) is 3. The number of benzene rings is 1. The third-order valence-electron chi connectivity index (χ3n) is 3.19. The quantitative estimate of drug-likeness (QED) is 0.723. The van der Waals surface area contributed by atoms with E-state index in [1.54, 1.807) is 21.3 Å². The second-order valence-electron chi connectivity index (χ2n) is 4.68. The zero-order chi connectivity index (χ0) is 15.0. The molecule has 5 nitrogen and oxygen atoms in total. The monoisotopic (exact) mass is 283 g/mol. The first-order chi connectivity index (χ1) is 9.62. The average molecular weight is 283 g/mol. The molecular formula is C15H25NO4. The Labute approximate surface area is 120 Å². The summed E-state index contributed by atoms with van der Waals surface area (Å²) in [7, 11) is 4.86. The molecule has 0 radical (unpaired) electrons. The summed E-state index contributed by atoms with van der Waals surface area (Å²) in [6, 6.07) is 5.90. The van der Waals surface area contributed by atoms with Crippen molar-refractivity contribution in [3.63, 3.8) is 0 Å². The Hall–Kier alpha value is -1.30. The predicted octanol–water partition coefficient (Wildman–Crippen LogP) is 1.75. The predicted molar refractivity (Wildman–Crippen MR) is 78.5 cm³/mol. The molecule has 0 bridgehead atoms. The molecule has 2 N–H and O–H groups in total. The molecule has 0 aliphatic heterocycles. The number of aliphatic hydroxyl groups is 1. The summed E-state index contributed by atoms with van der Waals surface area (Å²) in [5.41, 5.74) is 1.06. The first kappa shape index (κ1) is 16.8. The maximum absolute atomic E-state index is 9.60. The Balaban J connectivity index is 2.56. The molecule has 0 saturated carbocycles. The molecule has 0 aliphatic rings. The van der Waals surface area contributed by atoms with Crippen LogP contribution >= 0.6 is 0 Å². The molecule has 0 heterocycles. The third-order valence-corrected chi connectivity index (χ3v) is 3.19. The summed E-state index contributed by atoms with van der Waals surface area (Å²) in [5, 5.41) is 13.0. The summed E-state index contributed by atoms with van der Waals surface area (Å²) >= 11 is 0. The molecule has 5 heteroatoms. The Morgan fingerprint density at radius 3 is 2.55 bits per heavy atom. The highest BCUT2D eigenvalue weighted by Crippen LogP contribution is 2.29. The molecule has 2 atom stereocenters. The van der Waals surface area contributed by atoms with Gasteiger partial charge in [0.15, 0.2) is 0 Å². The summed E-state index contributed by atoms with van der Waals surface area (Å²) in [5.74, 6) is 1.56. The standard InChI is InChI=1S/C15H25NO4/c1-11(16-8-7-12(17)10-18-2)14-6-5-13(19-3)9-15(14)20-4/h5-6,9,11-12,16-17H,7-8,10H2,1-4H3. The van der Waals surface area contributed by atoms with E-state index in [0.29, 0.717) is 19.6 Å². The number of rotatable bonds is 9. The van der Waals surface area contributed by atoms with Crippen LogP contribution in [0.5, 0.6) is 11.5 Å². The smallest absolute Gasteiger partial charge is 0.127 e. The summed E-state index contributed by atoms with van der Waals surface area (Å²) in [6.07, 6.45) is 0.217.